The zero-order valence-electron chi connectivity index (χ0n) is 15.8. The molecule has 2 aromatic rings. The first-order chi connectivity index (χ1) is 13.8. The summed E-state index contributed by atoms with van der Waals surface area (Å²) in [7, 11) is 0. The van der Waals surface area contributed by atoms with Crippen LogP contribution in [0.3, 0.4) is 0 Å². The lowest BCUT2D eigenvalue weighted by molar-refractivity contribution is -0.141. The largest absolute Gasteiger partial charge is 0.433 e. The molecule has 29 heavy (non-hydrogen) atoms. The first-order valence-corrected chi connectivity index (χ1v) is 9.06. The van der Waals surface area contributed by atoms with Crippen molar-refractivity contribution < 1.29 is 22.7 Å². The van der Waals surface area contributed by atoms with Gasteiger partial charge in [0.25, 0.3) is 5.91 Å². The monoisotopic (exact) mass is 410 g/mol. The number of pyridine rings is 1. The number of rotatable bonds is 6. The van der Waals surface area contributed by atoms with Crippen molar-refractivity contribution in [3.63, 3.8) is 0 Å². The lowest BCUT2D eigenvalue weighted by Gasteiger charge is -2.28. The van der Waals surface area contributed by atoms with Crippen molar-refractivity contribution in [1.82, 2.24) is 20.3 Å². The number of alkyl halides is 3. The molecule has 0 aliphatic carbocycles. The topological polar surface area (TPSA) is 92.3 Å². The van der Waals surface area contributed by atoms with Crippen LogP contribution in [0.25, 0.3) is 0 Å². The minimum atomic E-state index is -4.53. The van der Waals surface area contributed by atoms with Crippen molar-refractivity contribution in [2.45, 2.75) is 13.1 Å². The molecule has 1 saturated heterocycles. The summed E-state index contributed by atoms with van der Waals surface area (Å²) in [5.41, 5.74) is -0.174. The van der Waals surface area contributed by atoms with E-state index in [2.05, 4.69) is 30.5 Å². The third kappa shape index (κ3) is 5.76. The quantitative estimate of drug-likeness (QED) is 0.703. The van der Waals surface area contributed by atoms with Crippen molar-refractivity contribution in [3.8, 4) is 0 Å². The molecule has 0 unspecified atom stereocenters. The maximum absolute atomic E-state index is 12.5. The Bertz CT molecular complexity index is 838. The van der Waals surface area contributed by atoms with Gasteiger partial charge in [0.1, 0.15) is 11.5 Å². The van der Waals surface area contributed by atoms with Crippen LogP contribution in [0.1, 0.15) is 21.7 Å². The van der Waals surface area contributed by atoms with Gasteiger partial charge in [-0.1, -0.05) is 0 Å². The van der Waals surface area contributed by atoms with Crippen molar-refractivity contribution in [1.29, 1.82) is 0 Å². The number of nitrogens with zero attached hydrogens (tertiary/aromatic N) is 4. The fraction of sp³-hybridized carbons (Fsp3) is 0.444. The van der Waals surface area contributed by atoms with Gasteiger partial charge in [0.05, 0.1) is 18.8 Å². The predicted molar refractivity (Wildman–Crippen MR) is 99.9 cm³/mol. The van der Waals surface area contributed by atoms with E-state index in [1.807, 2.05) is 13.0 Å². The molecule has 0 bridgehead atoms. The van der Waals surface area contributed by atoms with Crippen molar-refractivity contribution in [2.24, 2.45) is 0 Å². The molecule has 0 radical (unpaired) electrons. The average Bonchev–Trinajstić information content (AvgIpc) is 2.71. The van der Waals surface area contributed by atoms with Gasteiger partial charge < -0.3 is 20.3 Å². The van der Waals surface area contributed by atoms with E-state index in [4.69, 9.17) is 4.74 Å². The molecular weight excluding hydrogens is 389 g/mol. The molecule has 2 N–H and O–H groups in total. The molecule has 1 fully saturated rings. The Balaban J connectivity index is 1.50. The van der Waals surface area contributed by atoms with Gasteiger partial charge in [-0.3, -0.25) is 9.78 Å². The van der Waals surface area contributed by atoms with Gasteiger partial charge in [0.15, 0.2) is 0 Å². The molecule has 2 aromatic heterocycles. The molecule has 0 aromatic carbocycles. The Labute approximate surface area is 165 Å². The van der Waals surface area contributed by atoms with Crippen LogP contribution >= 0.6 is 0 Å². The van der Waals surface area contributed by atoms with E-state index in [1.54, 1.807) is 0 Å². The highest BCUT2D eigenvalue weighted by atomic mass is 19.4. The summed E-state index contributed by atoms with van der Waals surface area (Å²) in [6.45, 7) is 5.28. The highest BCUT2D eigenvalue weighted by Gasteiger charge is 2.32. The molecule has 11 heteroatoms. The predicted octanol–water partition coefficient (Wildman–Crippen LogP) is 1.88. The highest BCUT2D eigenvalue weighted by Crippen LogP contribution is 2.27. The van der Waals surface area contributed by atoms with Gasteiger partial charge in [-0.05, 0) is 19.1 Å². The van der Waals surface area contributed by atoms with Crippen molar-refractivity contribution >= 4 is 17.7 Å². The van der Waals surface area contributed by atoms with Crippen LogP contribution in [0.5, 0.6) is 0 Å². The summed E-state index contributed by atoms with van der Waals surface area (Å²) in [5, 5.41) is 5.66. The molecule has 1 aliphatic heterocycles. The molecule has 8 nitrogen and oxygen atoms in total. The fourth-order valence-electron chi connectivity index (χ4n) is 2.73. The van der Waals surface area contributed by atoms with E-state index < -0.39 is 17.8 Å². The maximum atomic E-state index is 12.5. The van der Waals surface area contributed by atoms with E-state index >= 15 is 0 Å². The summed E-state index contributed by atoms with van der Waals surface area (Å²) in [6, 6.07) is 3.77. The summed E-state index contributed by atoms with van der Waals surface area (Å²) in [5.74, 6) is 0.743. The van der Waals surface area contributed by atoms with Gasteiger partial charge >= 0.3 is 6.18 Å². The number of hydrogen-bond donors (Lipinski definition) is 2. The van der Waals surface area contributed by atoms with Gasteiger partial charge in [-0.2, -0.15) is 18.2 Å². The molecule has 3 heterocycles. The highest BCUT2D eigenvalue weighted by molar-refractivity contribution is 5.93. The minimum absolute atomic E-state index is 0.0550. The van der Waals surface area contributed by atoms with Gasteiger partial charge in [0.2, 0.25) is 5.95 Å². The van der Waals surface area contributed by atoms with E-state index in [1.165, 1.54) is 0 Å². The SMILES string of the molecule is Cc1cc(N2CCOCC2)nc(NCCNC(=O)c2ccc(C(F)(F)F)nc2)n1. The van der Waals surface area contributed by atoms with E-state index in [9.17, 15) is 18.0 Å². The number of aryl methyl sites for hydroxylation is 1. The normalized spacial score (nSPS) is 14.6. The number of carbonyl (C=O) groups excluding carboxylic acids is 1. The first kappa shape index (κ1) is 20.8. The smallest absolute Gasteiger partial charge is 0.378 e. The molecule has 0 spiro atoms. The summed E-state index contributed by atoms with van der Waals surface area (Å²) < 4.78 is 42.9. The number of nitrogens with one attached hydrogen (secondary N) is 2. The second-order valence-corrected chi connectivity index (χ2v) is 6.40. The number of amides is 1. The lowest BCUT2D eigenvalue weighted by Crippen LogP contribution is -2.37. The van der Waals surface area contributed by atoms with E-state index in [-0.39, 0.29) is 12.1 Å². The lowest BCUT2D eigenvalue weighted by atomic mass is 10.2. The number of halogens is 3. The third-order valence-electron chi connectivity index (χ3n) is 4.19. The van der Waals surface area contributed by atoms with Crippen LogP contribution in [0.15, 0.2) is 24.4 Å². The molecule has 156 valence electrons. The van der Waals surface area contributed by atoms with Gasteiger partial charge in [0, 0.05) is 44.1 Å². The van der Waals surface area contributed by atoms with Crippen LogP contribution in [0, 0.1) is 6.92 Å². The summed E-state index contributed by atoms with van der Waals surface area (Å²) in [4.78, 5) is 26.2. The van der Waals surface area contributed by atoms with Gasteiger partial charge in [-0.25, -0.2) is 4.98 Å². The number of anilines is 2. The molecular formula is C18H21F3N6O2. The van der Waals surface area contributed by atoms with Crippen LogP contribution in [-0.4, -0.2) is 60.3 Å². The molecule has 1 aliphatic rings. The second kappa shape index (κ2) is 9.03. The average molecular weight is 410 g/mol. The zero-order valence-corrected chi connectivity index (χ0v) is 15.8. The number of hydrogen-bond acceptors (Lipinski definition) is 7. The molecule has 0 saturated carbocycles. The van der Waals surface area contributed by atoms with E-state index in [0.29, 0.717) is 25.7 Å². The summed E-state index contributed by atoms with van der Waals surface area (Å²) in [6.07, 6.45) is -3.63. The van der Waals surface area contributed by atoms with Crippen LogP contribution in [0.4, 0.5) is 24.9 Å². The standard InChI is InChI=1S/C18H21F3N6O2/c1-12-10-15(27-6-8-29-9-7-27)26-17(25-12)23-5-4-22-16(28)13-2-3-14(24-11-13)18(19,20)21/h2-3,10-11H,4-9H2,1H3,(H,22,28)(H,23,25,26). The fourth-order valence-corrected chi connectivity index (χ4v) is 2.73. The Morgan fingerprint density at radius 1 is 1.21 bits per heavy atom. The minimum Gasteiger partial charge on any atom is -0.378 e. The Hall–Kier alpha value is -2.95. The van der Waals surface area contributed by atoms with Crippen LogP contribution in [0.2, 0.25) is 0 Å². The zero-order chi connectivity index (χ0) is 20.9. The number of morpholine rings is 1. The molecule has 1 amide bonds. The number of carbonyl (C=O) groups is 1. The first-order valence-electron chi connectivity index (χ1n) is 9.06. The Morgan fingerprint density at radius 3 is 2.62 bits per heavy atom. The second-order valence-electron chi connectivity index (χ2n) is 6.40. The van der Waals surface area contributed by atoms with Gasteiger partial charge in [-0.15, -0.1) is 0 Å². The molecule has 3 rings (SSSR count). The number of ether oxygens (including phenoxy) is 1. The van der Waals surface area contributed by atoms with Crippen molar-refractivity contribution in [3.05, 3.63) is 41.3 Å². The Morgan fingerprint density at radius 2 is 1.97 bits per heavy atom. The third-order valence-corrected chi connectivity index (χ3v) is 4.19. The van der Waals surface area contributed by atoms with Crippen molar-refractivity contribution in [2.75, 3.05) is 49.6 Å². The Kier molecular flexibility index (Phi) is 6.47. The maximum Gasteiger partial charge on any atom is 0.433 e. The number of aromatic nitrogens is 3. The van der Waals surface area contributed by atoms with Crippen LogP contribution in [-0.2, 0) is 10.9 Å². The summed E-state index contributed by atoms with van der Waals surface area (Å²) >= 11 is 0. The molecule has 0 atom stereocenters. The van der Waals surface area contributed by atoms with E-state index in [0.717, 1.165) is 42.9 Å². The van der Waals surface area contributed by atoms with Crippen LogP contribution < -0.4 is 15.5 Å².